The van der Waals surface area contributed by atoms with Gasteiger partial charge in [0.15, 0.2) is 0 Å². The fourth-order valence-electron chi connectivity index (χ4n) is 4.22. The van der Waals surface area contributed by atoms with Gasteiger partial charge in [-0.25, -0.2) is 8.42 Å². The van der Waals surface area contributed by atoms with Crippen molar-refractivity contribution in [3.05, 3.63) is 66.2 Å². The molecule has 3 aromatic rings. The number of fused-ring (bicyclic) bond motifs is 1. The lowest BCUT2D eigenvalue weighted by Crippen LogP contribution is -2.32. The second kappa shape index (κ2) is 10.1. The molecular formula is C24H26F3N5O2S. The van der Waals surface area contributed by atoms with E-state index in [-0.39, 0.29) is 23.2 Å². The second-order valence-corrected chi connectivity index (χ2v) is 10.8. The predicted molar refractivity (Wildman–Crippen MR) is 131 cm³/mol. The molecule has 4 rings (SSSR count). The van der Waals surface area contributed by atoms with Crippen molar-refractivity contribution in [3.8, 4) is 0 Å². The molecule has 1 aromatic carbocycles. The summed E-state index contributed by atoms with van der Waals surface area (Å²) in [5, 5.41) is 14.8. The normalized spacial score (nSPS) is 16.8. The minimum atomic E-state index is -4.46. The molecule has 0 aliphatic carbocycles. The molecule has 0 atom stereocenters. The number of anilines is 1. The first-order chi connectivity index (χ1) is 16.6. The van der Waals surface area contributed by atoms with E-state index in [4.69, 9.17) is 5.41 Å². The summed E-state index contributed by atoms with van der Waals surface area (Å²) in [5.74, 6) is 0.176. The molecule has 1 aliphatic rings. The van der Waals surface area contributed by atoms with Crippen molar-refractivity contribution in [2.75, 3.05) is 16.8 Å². The van der Waals surface area contributed by atoms with E-state index in [1.54, 1.807) is 36.7 Å². The maximum Gasteiger partial charge on any atom is 0.406 e. The monoisotopic (exact) mass is 505 g/mol. The van der Waals surface area contributed by atoms with Crippen molar-refractivity contribution in [3.63, 3.8) is 0 Å². The highest BCUT2D eigenvalue weighted by atomic mass is 32.2. The summed E-state index contributed by atoms with van der Waals surface area (Å²) in [6, 6.07) is 10.3. The smallest absolute Gasteiger partial charge is 0.386 e. The van der Waals surface area contributed by atoms with Crippen LogP contribution in [0.2, 0.25) is 0 Å². The molecule has 1 fully saturated rings. The summed E-state index contributed by atoms with van der Waals surface area (Å²) in [5.41, 5.74) is 2.53. The summed E-state index contributed by atoms with van der Waals surface area (Å²) >= 11 is 0. The summed E-state index contributed by atoms with van der Waals surface area (Å²) in [6.45, 7) is -0.775. The van der Waals surface area contributed by atoms with Crippen LogP contribution in [0.5, 0.6) is 0 Å². The highest BCUT2D eigenvalue weighted by molar-refractivity contribution is 7.91. The fraction of sp³-hybridized carbons (Fsp3) is 0.333. The lowest BCUT2D eigenvalue weighted by Gasteiger charge is -2.24. The van der Waals surface area contributed by atoms with E-state index < -0.39 is 22.6 Å². The largest absolute Gasteiger partial charge is 0.406 e. The molecule has 0 saturated carbocycles. The molecule has 11 heteroatoms. The Bertz CT molecular complexity index is 1320. The predicted octanol–water partition coefficient (Wildman–Crippen LogP) is 4.37. The molecular weight excluding hydrogens is 479 g/mol. The molecule has 0 spiro atoms. The Morgan fingerprint density at radius 3 is 2.54 bits per heavy atom. The number of rotatable bonds is 8. The maximum absolute atomic E-state index is 13.5. The van der Waals surface area contributed by atoms with Crippen molar-refractivity contribution < 1.29 is 21.6 Å². The van der Waals surface area contributed by atoms with Gasteiger partial charge in [-0.05, 0) is 48.7 Å². The Hall–Kier alpha value is -3.34. The van der Waals surface area contributed by atoms with Crippen molar-refractivity contribution in [2.24, 2.45) is 0 Å². The molecule has 3 heterocycles. The van der Waals surface area contributed by atoms with Crippen LogP contribution in [0.1, 0.15) is 24.1 Å². The zero-order valence-electron chi connectivity index (χ0n) is 18.8. The van der Waals surface area contributed by atoms with Crippen LogP contribution in [-0.2, 0) is 22.9 Å². The van der Waals surface area contributed by atoms with Crippen LogP contribution >= 0.6 is 0 Å². The quantitative estimate of drug-likeness (QED) is 0.395. The van der Waals surface area contributed by atoms with Crippen molar-refractivity contribution >= 4 is 38.2 Å². The molecule has 3 N–H and O–H groups in total. The number of benzene rings is 1. The number of nitrogens with one attached hydrogen (secondary N) is 3. The summed E-state index contributed by atoms with van der Waals surface area (Å²) in [4.78, 5) is 3.95. The second-order valence-electron chi connectivity index (χ2n) is 8.52. The molecule has 0 amide bonds. The fourth-order valence-corrected chi connectivity index (χ4v) is 5.71. The molecule has 0 radical (unpaired) electrons. The zero-order chi connectivity index (χ0) is 25.1. The number of halogens is 3. The van der Waals surface area contributed by atoms with Crippen LogP contribution in [0.15, 0.2) is 55.0 Å². The Morgan fingerprint density at radius 2 is 1.89 bits per heavy atom. The molecule has 1 aliphatic heterocycles. The van der Waals surface area contributed by atoms with Crippen LogP contribution in [0.3, 0.4) is 0 Å². The molecule has 35 heavy (non-hydrogen) atoms. The first kappa shape index (κ1) is 24.8. The van der Waals surface area contributed by atoms with Crippen LogP contribution in [0.25, 0.3) is 16.5 Å². The zero-order valence-corrected chi connectivity index (χ0v) is 19.7. The van der Waals surface area contributed by atoms with Gasteiger partial charge in [-0.1, -0.05) is 6.07 Å². The third kappa shape index (κ3) is 6.21. The number of allylic oxidation sites excluding steroid dienone is 1. The van der Waals surface area contributed by atoms with Crippen molar-refractivity contribution in [1.29, 1.82) is 5.41 Å². The minimum absolute atomic E-state index is 0.0849. The number of sulfone groups is 1. The molecule has 1 saturated heterocycles. The molecule has 0 unspecified atom stereocenters. The number of pyridine rings is 1. The maximum atomic E-state index is 13.5. The third-order valence-electron chi connectivity index (χ3n) is 5.96. The number of alkyl halides is 3. The van der Waals surface area contributed by atoms with Gasteiger partial charge in [-0.15, -0.1) is 0 Å². The van der Waals surface area contributed by atoms with Gasteiger partial charge in [0.2, 0.25) is 0 Å². The van der Waals surface area contributed by atoms with E-state index in [2.05, 4.69) is 15.6 Å². The Labute approximate surface area is 201 Å². The van der Waals surface area contributed by atoms with Gasteiger partial charge >= 0.3 is 6.18 Å². The molecule has 186 valence electrons. The number of hydrogen-bond acceptors (Lipinski definition) is 6. The summed E-state index contributed by atoms with van der Waals surface area (Å²) in [6.07, 6.45) is 2.29. The van der Waals surface area contributed by atoms with Crippen molar-refractivity contribution in [1.82, 2.24) is 14.9 Å². The van der Waals surface area contributed by atoms with Crippen LogP contribution in [0.4, 0.5) is 18.9 Å². The first-order valence-electron chi connectivity index (χ1n) is 11.1. The van der Waals surface area contributed by atoms with Crippen LogP contribution in [0, 0.1) is 5.41 Å². The Morgan fingerprint density at radius 1 is 1.17 bits per heavy atom. The van der Waals surface area contributed by atoms with Gasteiger partial charge in [-0.3, -0.25) is 4.98 Å². The average molecular weight is 506 g/mol. The van der Waals surface area contributed by atoms with E-state index in [1.165, 1.54) is 6.20 Å². The standard InChI is InChI=1S/C24H26F3N5O2S/c25-24(26,27)16-32-22-3-1-2-21(31-19-6-10-35(33,34)11-7-19)20(22)12-23(32)18(13-28)15-30-14-17-4-8-29-9-5-17/h1-5,8-9,12-13,15,19,28,30-31H,6-7,10-11,14,16H2/b18-15+,28-13?. The van der Waals surface area contributed by atoms with Gasteiger partial charge in [-0.2, -0.15) is 13.2 Å². The number of nitrogens with zero attached hydrogens (tertiary/aromatic N) is 2. The topological polar surface area (TPSA) is 99.9 Å². The minimum Gasteiger partial charge on any atom is -0.386 e. The van der Waals surface area contributed by atoms with E-state index in [1.807, 2.05) is 12.1 Å². The van der Waals surface area contributed by atoms with Gasteiger partial charge in [0.05, 0.1) is 22.7 Å². The van der Waals surface area contributed by atoms with Crippen LogP contribution < -0.4 is 10.6 Å². The lowest BCUT2D eigenvalue weighted by molar-refractivity contribution is -0.140. The van der Waals surface area contributed by atoms with E-state index >= 15 is 0 Å². The van der Waals surface area contributed by atoms with Gasteiger partial charge in [0.25, 0.3) is 0 Å². The van der Waals surface area contributed by atoms with Gasteiger partial charge < -0.3 is 20.6 Å². The molecule has 0 bridgehead atoms. The van der Waals surface area contributed by atoms with Crippen molar-refractivity contribution in [2.45, 2.75) is 38.1 Å². The Kier molecular flexibility index (Phi) is 7.15. The summed E-state index contributed by atoms with van der Waals surface area (Å²) in [7, 11) is -3.03. The van der Waals surface area contributed by atoms with E-state index in [9.17, 15) is 21.6 Å². The van der Waals surface area contributed by atoms with Crippen LogP contribution in [-0.4, -0.2) is 47.9 Å². The number of aromatic nitrogens is 2. The third-order valence-corrected chi connectivity index (χ3v) is 7.68. The summed E-state index contributed by atoms with van der Waals surface area (Å²) < 4.78 is 65.2. The van der Waals surface area contributed by atoms with E-state index in [0.717, 1.165) is 16.3 Å². The van der Waals surface area contributed by atoms with Gasteiger partial charge in [0.1, 0.15) is 16.4 Å². The highest BCUT2D eigenvalue weighted by Gasteiger charge is 2.31. The molecule has 7 nitrogen and oxygen atoms in total. The highest BCUT2D eigenvalue weighted by Crippen LogP contribution is 2.33. The van der Waals surface area contributed by atoms with E-state index in [0.29, 0.717) is 41.5 Å². The Balaban J connectivity index is 1.68. The average Bonchev–Trinajstić information content (AvgIpc) is 3.16. The lowest BCUT2D eigenvalue weighted by atomic mass is 10.1. The first-order valence-corrected chi connectivity index (χ1v) is 13.0. The number of hydrogen-bond donors (Lipinski definition) is 3. The van der Waals surface area contributed by atoms with Gasteiger partial charge in [0, 0.05) is 54.0 Å². The molecule has 2 aromatic heterocycles. The SMILES string of the molecule is N=C/C(=C\NCc1ccncc1)c1cc2c(NC3CCS(=O)(=O)CC3)cccc2n1CC(F)(F)F.